The summed E-state index contributed by atoms with van der Waals surface area (Å²) >= 11 is 0. The Morgan fingerprint density at radius 3 is 2.67 bits per heavy atom. The molecule has 2 aromatic rings. The molecule has 0 amide bonds. The number of ether oxygens (including phenoxy) is 1. The fraction of sp³-hybridized carbons (Fsp3) is 0.688. The third-order valence-corrected chi connectivity index (χ3v) is 5.12. The van der Waals surface area contributed by atoms with Crippen LogP contribution in [0.5, 0.6) is 0 Å². The van der Waals surface area contributed by atoms with Gasteiger partial charge in [0, 0.05) is 24.3 Å². The Balaban J connectivity index is 0.00000169. The van der Waals surface area contributed by atoms with Crippen molar-refractivity contribution in [2.45, 2.75) is 57.0 Å². The number of nitrogens with one attached hydrogen (secondary N) is 1. The van der Waals surface area contributed by atoms with E-state index in [1.54, 1.807) is 6.20 Å². The quantitative estimate of drug-likeness (QED) is 0.884. The number of H-pyrrole nitrogens is 1. The number of rotatable bonds is 3. The molecule has 2 aromatic heterocycles. The summed E-state index contributed by atoms with van der Waals surface area (Å²) in [6.45, 7) is 3.53. The van der Waals surface area contributed by atoms with Gasteiger partial charge in [0.2, 0.25) is 0 Å². The Morgan fingerprint density at radius 1 is 1.25 bits per heavy atom. The highest BCUT2D eigenvalue weighted by Gasteiger charge is 2.30. The van der Waals surface area contributed by atoms with Gasteiger partial charge >= 0.3 is 0 Å². The van der Waals surface area contributed by atoms with Gasteiger partial charge in [0.25, 0.3) is 0 Å². The van der Waals surface area contributed by atoms with Gasteiger partial charge < -0.3 is 10.5 Å². The van der Waals surface area contributed by atoms with Gasteiger partial charge in [-0.2, -0.15) is 10.2 Å². The molecular weight excluding hydrogens is 328 g/mol. The van der Waals surface area contributed by atoms with Crippen LogP contribution >= 0.6 is 12.4 Å². The van der Waals surface area contributed by atoms with Gasteiger partial charge in [0.15, 0.2) is 5.82 Å². The van der Waals surface area contributed by atoms with E-state index >= 15 is 0 Å². The molecule has 0 aromatic carbocycles. The van der Waals surface area contributed by atoms with Crippen LogP contribution in [0.25, 0.3) is 11.4 Å². The molecular formula is C16H25ClN6O. The number of halogens is 1. The minimum atomic E-state index is 0. The molecule has 0 radical (unpaired) electrons. The molecule has 0 bridgehead atoms. The first-order valence-corrected chi connectivity index (χ1v) is 8.52. The lowest BCUT2D eigenvalue weighted by Crippen LogP contribution is -2.27. The van der Waals surface area contributed by atoms with Crippen molar-refractivity contribution >= 4 is 12.4 Å². The van der Waals surface area contributed by atoms with Gasteiger partial charge in [-0.05, 0) is 39.0 Å². The second-order valence-corrected chi connectivity index (χ2v) is 6.78. The van der Waals surface area contributed by atoms with Crippen molar-refractivity contribution in [2.24, 2.45) is 5.73 Å². The molecule has 1 aliphatic heterocycles. The smallest absolute Gasteiger partial charge is 0.184 e. The van der Waals surface area contributed by atoms with Gasteiger partial charge in [-0.1, -0.05) is 0 Å². The number of aromatic nitrogens is 5. The number of nitrogens with two attached hydrogens (primary N) is 1. The minimum Gasteiger partial charge on any atom is -0.379 e. The van der Waals surface area contributed by atoms with Gasteiger partial charge in [-0.15, -0.1) is 12.4 Å². The average molecular weight is 353 g/mol. The maximum atomic E-state index is 6.06. The fourth-order valence-corrected chi connectivity index (χ4v) is 3.67. The van der Waals surface area contributed by atoms with Gasteiger partial charge in [0.1, 0.15) is 5.82 Å². The van der Waals surface area contributed by atoms with Crippen LogP contribution in [0.15, 0.2) is 6.20 Å². The maximum absolute atomic E-state index is 6.06. The zero-order valence-corrected chi connectivity index (χ0v) is 14.8. The number of nitrogens with zero attached hydrogens (tertiary/aromatic N) is 4. The van der Waals surface area contributed by atoms with Gasteiger partial charge in [0.05, 0.1) is 24.4 Å². The molecule has 24 heavy (non-hydrogen) atoms. The van der Waals surface area contributed by atoms with E-state index in [9.17, 15) is 0 Å². The Morgan fingerprint density at radius 2 is 2.04 bits per heavy atom. The predicted octanol–water partition coefficient (Wildman–Crippen LogP) is 2.34. The molecule has 7 nitrogen and oxygen atoms in total. The number of aryl methyl sites for hydroxylation is 1. The first kappa shape index (κ1) is 17.4. The molecule has 1 unspecified atom stereocenters. The van der Waals surface area contributed by atoms with Crippen LogP contribution in [0.3, 0.4) is 0 Å². The average Bonchev–Trinajstić information content (AvgIpc) is 3.27. The monoisotopic (exact) mass is 352 g/mol. The summed E-state index contributed by atoms with van der Waals surface area (Å²) in [5, 5.41) is 11.9. The molecule has 1 saturated carbocycles. The highest BCUT2D eigenvalue weighted by Crippen LogP contribution is 2.35. The van der Waals surface area contributed by atoms with Crippen molar-refractivity contribution in [3.8, 4) is 11.4 Å². The number of hydrogen-bond acceptors (Lipinski definition) is 5. The minimum absolute atomic E-state index is 0. The van der Waals surface area contributed by atoms with E-state index in [-0.39, 0.29) is 12.4 Å². The summed E-state index contributed by atoms with van der Waals surface area (Å²) < 4.78 is 7.69. The highest BCUT2D eigenvalue weighted by atomic mass is 35.5. The summed E-state index contributed by atoms with van der Waals surface area (Å²) in [5.74, 6) is 2.32. The van der Waals surface area contributed by atoms with E-state index in [4.69, 9.17) is 20.6 Å². The molecule has 2 aliphatic rings. The van der Waals surface area contributed by atoms with E-state index in [0.29, 0.717) is 18.0 Å². The number of hydrogen-bond donors (Lipinski definition) is 2. The van der Waals surface area contributed by atoms with Crippen LogP contribution in [0.4, 0.5) is 0 Å². The van der Waals surface area contributed by atoms with Crippen LogP contribution in [0, 0.1) is 6.92 Å². The third kappa shape index (κ3) is 3.20. The van der Waals surface area contributed by atoms with Crippen LogP contribution < -0.4 is 5.73 Å². The molecule has 0 spiro atoms. The number of aromatic amines is 1. The molecule has 2 fully saturated rings. The van der Waals surface area contributed by atoms with Crippen molar-refractivity contribution in [3.63, 3.8) is 0 Å². The van der Waals surface area contributed by atoms with Crippen molar-refractivity contribution < 1.29 is 4.74 Å². The van der Waals surface area contributed by atoms with Crippen molar-refractivity contribution in [1.29, 1.82) is 0 Å². The fourth-order valence-electron chi connectivity index (χ4n) is 3.67. The van der Waals surface area contributed by atoms with Crippen LogP contribution in [-0.2, 0) is 4.74 Å². The molecule has 1 aliphatic carbocycles. The summed E-state index contributed by atoms with van der Waals surface area (Å²) in [5.41, 5.74) is 8.05. The topological polar surface area (TPSA) is 94.6 Å². The van der Waals surface area contributed by atoms with Gasteiger partial charge in [-0.25, -0.2) is 9.67 Å². The van der Waals surface area contributed by atoms with E-state index in [0.717, 1.165) is 68.2 Å². The summed E-state index contributed by atoms with van der Waals surface area (Å²) in [4.78, 5) is 4.90. The lowest BCUT2D eigenvalue weighted by atomic mass is 9.86. The lowest BCUT2D eigenvalue weighted by Gasteiger charge is -2.26. The Labute approximate surface area is 147 Å². The zero-order valence-electron chi connectivity index (χ0n) is 13.9. The Bertz CT molecular complexity index is 670. The zero-order chi connectivity index (χ0) is 15.8. The first-order chi connectivity index (χ1) is 11.2. The summed E-state index contributed by atoms with van der Waals surface area (Å²) in [6, 6.07) is 0.641. The van der Waals surface area contributed by atoms with Crippen molar-refractivity contribution in [1.82, 2.24) is 25.0 Å². The molecule has 1 atom stereocenters. The SMILES string of the molecule is Cc1[nH]ncc1-c1nc(C2CCC(N)CC2)n(C2CCOC2)n1.Cl. The Hall–Kier alpha value is -1.44. The first-order valence-electron chi connectivity index (χ1n) is 8.52. The maximum Gasteiger partial charge on any atom is 0.184 e. The summed E-state index contributed by atoms with van der Waals surface area (Å²) in [6.07, 6.45) is 7.14. The molecule has 1 saturated heterocycles. The molecule has 8 heteroatoms. The molecule has 3 heterocycles. The van der Waals surface area contributed by atoms with Crippen molar-refractivity contribution in [2.75, 3.05) is 13.2 Å². The third-order valence-electron chi connectivity index (χ3n) is 5.12. The Kier molecular flexibility index (Phi) is 5.22. The predicted molar refractivity (Wildman–Crippen MR) is 93.2 cm³/mol. The van der Waals surface area contributed by atoms with Gasteiger partial charge in [-0.3, -0.25) is 5.10 Å². The van der Waals surface area contributed by atoms with Crippen LogP contribution in [0.2, 0.25) is 0 Å². The molecule has 132 valence electrons. The molecule has 3 N–H and O–H groups in total. The normalized spacial score (nSPS) is 27.2. The van der Waals surface area contributed by atoms with E-state index in [2.05, 4.69) is 14.9 Å². The van der Waals surface area contributed by atoms with E-state index < -0.39 is 0 Å². The standard InChI is InChI=1S/C16H24N6O.ClH/c1-10-14(8-18-20-10)15-19-16(11-2-4-12(17)5-3-11)22(21-15)13-6-7-23-9-13;/h8,11-13H,2-7,9,17H2,1H3,(H,18,20);1H. The van der Waals surface area contributed by atoms with E-state index in [1.165, 1.54) is 0 Å². The van der Waals surface area contributed by atoms with Crippen molar-refractivity contribution in [3.05, 3.63) is 17.7 Å². The summed E-state index contributed by atoms with van der Waals surface area (Å²) in [7, 11) is 0. The molecule has 4 rings (SSSR count). The second-order valence-electron chi connectivity index (χ2n) is 6.78. The second kappa shape index (κ2) is 7.21. The largest absolute Gasteiger partial charge is 0.379 e. The van der Waals surface area contributed by atoms with Crippen LogP contribution in [-0.4, -0.2) is 44.2 Å². The van der Waals surface area contributed by atoms with Crippen LogP contribution in [0.1, 0.15) is 55.6 Å². The lowest BCUT2D eigenvalue weighted by molar-refractivity contribution is 0.183. The highest BCUT2D eigenvalue weighted by molar-refractivity contribution is 5.85. The van der Waals surface area contributed by atoms with E-state index in [1.807, 2.05) is 6.92 Å².